The zero-order chi connectivity index (χ0) is 17.3. The summed E-state index contributed by atoms with van der Waals surface area (Å²) < 4.78 is 18.2. The van der Waals surface area contributed by atoms with E-state index in [-0.39, 0.29) is 5.60 Å². The molecule has 1 aromatic rings. The summed E-state index contributed by atoms with van der Waals surface area (Å²) in [4.78, 5) is 0. The predicted molar refractivity (Wildman–Crippen MR) is 98.2 cm³/mol. The van der Waals surface area contributed by atoms with Gasteiger partial charge in [-0.1, -0.05) is 37.3 Å². The van der Waals surface area contributed by atoms with Crippen LogP contribution in [0.25, 0.3) is 0 Å². The van der Waals surface area contributed by atoms with Gasteiger partial charge < -0.3 is 14.2 Å². The molecule has 1 aliphatic heterocycles. The van der Waals surface area contributed by atoms with E-state index in [9.17, 15) is 0 Å². The van der Waals surface area contributed by atoms with Crippen molar-refractivity contribution < 1.29 is 14.2 Å². The standard InChI is InChI=1S/C22H30O3/c1-3-11-24-14-17-9-10-22-20(23-2)13-19(17)21(22)18(15-25-22)12-16-7-5-4-6-8-16/h4-8,13,17-19,21H,3,9-12,14-15H2,1-2H3. The van der Waals surface area contributed by atoms with Crippen LogP contribution >= 0.6 is 0 Å². The Hall–Kier alpha value is -1.32. The van der Waals surface area contributed by atoms with Gasteiger partial charge in [-0.3, -0.25) is 0 Å². The van der Waals surface area contributed by atoms with Crippen LogP contribution < -0.4 is 0 Å². The highest BCUT2D eigenvalue weighted by Crippen LogP contribution is 2.60. The lowest BCUT2D eigenvalue weighted by Gasteiger charge is -2.42. The molecule has 2 bridgehead atoms. The molecule has 3 nitrogen and oxygen atoms in total. The Balaban J connectivity index is 1.55. The number of hydrogen-bond donors (Lipinski definition) is 0. The summed E-state index contributed by atoms with van der Waals surface area (Å²) in [6.07, 6.45) is 6.79. The number of benzene rings is 1. The molecule has 4 rings (SSSR count). The SMILES string of the molecule is CCCOCC1CCC23OCC(Cc4ccccc4)C2C1C=C3OC. The van der Waals surface area contributed by atoms with Crippen LogP contribution in [0.2, 0.25) is 0 Å². The van der Waals surface area contributed by atoms with Gasteiger partial charge in [0.2, 0.25) is 0 Å². The molecule has 0 radical (unpaired) electrons. The van der Waals surface area contributed by atoms with Crippen LogP contribution in [0, 0.1) is 23.7 Å². The molecular formula is C22H30O3. The fourth-order valence-electron chi connectivity index (χ4n) is 5.42. The third-order valence-electron chi connectivity index (χ3n) is 6.45. The third-order valence-corrected chi connectivity index (χ3v) is 6.45. The first-order chi connectivity index (χ1) is 12.3. The monoisotopic (exact) mass is 342 g/mol. The van der Waals surface area contributed by atoms with Crippen molar-refractivity contribution in [3.8, 4) is 0 Å². The second-order valence-corrected chi connectivity index (χ2v) is 7.86. The summed E-state index contributed by atoms with van der Waals surface area (Å²) in [7, 11) is 1.80. The third kappa shape index (κ3) is 2.92. The summed E-state index contributed by atoms with van der Waals surface area (Å²) in [5, 5.41) is 0. The van der Waals surface area contributed by atoms with E-state index in [0.717, 1.165) is 44.8 Å². The van der Waals surface area contributed by atoms with Crippen molar-refractivity contribution >= 4 is 0 Å². The number of rotatable bonds is 7. The lowest BCUT2D eigenvalue weighted by atomic mass is 9.64. The highest BCUT2D eigenvalue weighted by atomic mass is 16.5. The maximum absolute atomic E-state index is 6.46. The van der Waals surface area contributed by atoms with Crippen molar-refractivity contribution in [2.45, 2.75) is 38.2 Å². The molecule has 3 heteroatoms. The molecule has 25 heavy (non-hydrogen) atoms. The number of allylic oxidation sites excluding steroid dienone is 1. The van der Waals surface area contributed by atoms with E-state index in [0.29, 0.717) is 23.7 Å². The molecule has 0 spiro atoms. The molecule has 2 aliphatic carbocycles. The van der Waals surface area contributed by atoms with Gasteiger partial charge in [0.1, 0.15) is 11.4 Å². The Morgan fingerprint density at radius 1 is 1.20 bits per heavy atom. The van der Waals surface area contributed by atoms with Gasteiger partial charge in [0.25, 0.3) is 0 Å². The molecule has 5 atom stereocenters. The van der Waals surface area contributed by atoms with E-state index in [1.54, 1.807) is 7.11 Å². The predicted octanol–water partition coefficient (Wildman–Crippen LogP) is 4.23. The van der Waals surface area contributed by atoms with Gasteiger partial charge in [0.05, 0.1) is 13.7 Å². The van der Waals surface area contributed by atoms with Crippen LogP contribution in [-0.2, 0) is 20.6 Å². The van der Waals surface area contributed by atoms with Crippen LogP contribution in [0.15, 0.2) is 42.2 Å². The second-order valence-electron chi connectivity index (χ2n) is 7.86. The van der Waals surface area contributed by atoms with Gasteiger partial charge in [0, 0.05) is 19.1 Å². The topological polar surface area (TPSA) is 27.7 Å². The van der Waals surface area contributed by atoms with E-state index < -0.39 is 0 Å². The zero-order valence-corrected chi connectivity index (χ0v) is 15.4. The van der Waals surface area contributed by atoms with Crippen LogP contribution in [0.1, 0.15) is 31.7 Å². The highest BCUT2D eigenvalue weighted by Gasteiger charge is 2.62. The molecule has 3 aliphatic rings. The molecule has 1 aromatic carbocycles. The molecule has 1 saturated heterocycles. The first-order valence-corrected chi connectivity index (χ1v) is 9.80. The van der Waals surface area contributed by atoms with Crippen LogP contribution in [-0.4, -0.2) is 32.5 Å². The number of hydrogen-bond acceptors (Lipinski definition) is 3. The first kappa shape index (κ1) is 17.1. The van der Waals surface area contributed by atoms with E-state index in [4.69, 9.17) is 14.2 Å². The van der Waals surface area contributed by atoms with Gasteiger partial charge in [-0.05, 0) is 55.1 Å². The fraction of sp³-hybridized carbons (Fsp3) is 0.636. The van der Waals surface area contributed by atoms with Gasteiger partial charge >= 0.3 is 0 Å². The molecule has 136 valence electrons. The highest BCUT2D eigenvalue weighted by molar-refractivity contribution is 5.31. The summed E-state index contributed by atoms with van der Waals surface area (Å²) in [6.45, 7) is 4.75. The maximum Gasteiger partial charge on any atom is 0.128 e. The Bertz CT molecular complexity index is 611. The number of ether oxygens (including phenoxy) is 3. The summed E-state index contributed by atoms with van der Waals surface area (Å²) >= 11 is 0. The van der Waals surface area contributed by atoms with E-state index >= 15 is 0 Å². The van der Waals surface area contributed by atoms with Crippen molar-refractivity contribution in [2.75, 3.05) is 26.9 Å². The molecule has 5 unspecified atom stereocenters. The normalized spacial score (nSPS) is 36.2. The van der Waals surface area contributed by atoms with Crippen LogP contribution in [0.3, 0.4) is 0 Å². The average molecular weight is 342 g/mol. The lowest BCUT2D eigenvalue weighted by molar-refractivity contribution is -0.0646. The fourth-order valence-corrected chi connectivity index (χ4v) is 5.42. The smallest absolute Gasteiger partial charge is 0.128 e. The largest absolute Gasteiger partial charge is 0.498 e. The van der Waals surface area contributed by atoms with Crippen molar-refractivity contribution in [1.82, 2.24) is 0 Å². The second kappa shape index (κ2) is 7.13. The number of methoxy groups -OCH3 is 1. The Kier molecular flexibility index (Phi) is 4.88. The van der Waals surface area contributed by atoms with Crippen molar-refractivity contribution in [3.63, 3.8) is 0 Å². The molecule has 1 saturated carbocycles. The van der Waals surface area contributed by atoms with Gasteiger partial charge in [-0.15, -0.1) is 0 Å². The van der Waals surface area contributed by atoms with Gasteiger partial charge in [-0.2, -0.15) is 0 Å². The molecule has 2 fully saturated rings. The minimum atomic E-state index is -0.167. The van der Waals surface area contributed by atoms with Crippen LogP contribution in [0.4, 0.5) is 0 Å². The van der Waals surface area contributed by atoms with E-state index in [2.05, 4.69) is 43.3 Å². The Labute approximate surface area is 151 Å². The van der Waals surface area contributed by atoms with Gasteiger partial charge in [0.15, 0.2) is 0 Å². The quantitative estimate of drug-likeness (QED) is 0.694. The first-order valence-electron chi connectivity index (χ1n) is 9.80. The molecule has 0 amide bonds. The molecular weight excluding hydrogens is 312 g/mol. The minimum Gasteiger partial charge on any atom is -0.498 e. The lowest BCUT2D eigenvalue weighted by Crippen LogP contribution is -2.45. The summed E-state index contributed by atoms with van der Waals surface area (Å²) in [5.74, 6) is 3.29. The molecule has 0 aromatic heterocycles. The Morgan fingerprint density at radius 2 is 2.04 bits per heavy atom. The maximum atomic E-state index is 6.46. The summed E-state index contributed by atoms with van der Waals surface area (Å²) in [6, 6.07) is 10.8. The van der Waals surface area contributed by atoms with E-state index in [1.165, 1.54) is 12.0 Å². The Morgan fingerprint density at radius 3 is 2.80 bits per heavy atom. The zero-order valence-electron chi connectivity index (χ0n) is 15.4. The van der Waals surface area contributed by atoms with Crippen LogP contribution in [0.5, 0.6) is 0 Å². The summed E-state index contributed by atoms with van der Waals surface area (Å²) in [5.41, 5.74) is 1.25. The van der Waals surface area contributed by atoms with Crippen molar-refractivity contribution in [1.29, 1.82) is 0 Å². The van der Waals surface area contributed by atoms with Crippen molar-refractivity contribution in [3.05, 3.63) is 47.7 Å². The van der Waals surface area contributed by atoms with Crippen molar-refractivity contribution in [2.24, 2.45) is 23.7 Å². The average Bonchev–Trinajstić information content (AvgIpc) is 3.11. The van der Waals surface area contributed by atoms with E-state index in [1.807, 2.05) is 0 Å². The van der Waals surface area contributed by atoms with Gasteiger partial charge in [-0.25, -0.2) is 0 Å². The minimum absolute atomic E-state index is 0.167. The molecule has 0 N–H and O–H groups in total. The molecule has 1 heterocycles.